The lowest BCUT2D eigenvalue weighted by atomic mass is 10.3. The van der Waals surface area contributed by atoms with Crippen molar-refractivity contribution >= 4 is 43.0 Å². The number of nitrogens with one attached hydrogen (secondary N) is 2. The molecule has 0 unspecified atom stereocenters. The van der Waals surface area contributed by atoms with Gasteiger partial charge >= 0.3 is 0 Å². The molecular weight excluding hydrogens is 438 g/mol. The molecule has 0 aliphatic carbocycles. The molecular formula is C21H21N3O5S2. The monoisotopic (exact) mass is 459 g/mol. The van der Waals surface area contributed by atoms with Crippen LogP contribution in [0.4, 0.5) is 17.1 Å². The van der Waals surface area contributed by atoms with Crippen molar-refractivity contribution in [1.29, 1.82) is 0 Å². The molecule has 0 radical (unpaired) electrons. The van der Waals surface area contributed by atoms with Crippen molar-refractivity contribution < 1.29 is 21.6 Å². The highest BCUT2D eigenvalue weighted by Crippen LogP contribution is 2.19. The number of para-hydroxylation sites is 2. The summed E-state index contributed by atoms with van der Waals surface area (Å²) in [4.78, 5) is 12.4. The molecule has 0 saturated carbocycles. The number of benzene rings is 3. The number of rotatable bonds is 8. The fraction of sp³-hybridized carbons (Fsp3) is 0.0952. The molecule has 0 aliphatic heterocycles. The maximum absolute atomic E-state index is 12.5. The van der Waals surface area contributed by atoms with Crippen molar-refractivity contribution in [3.8, 4) is 0 Å². The molecule has 10 heteroatoms. The van der Waals surface area contributed by atoms with Crippen molar-refractivity contribution in [2.75, 3.05) is 27.1 Å². The molecule has 0 spiro atoms. The van der Waals surface area contributed by atoms with Crippen LogP contribution < -0.4 is 14.3 Å². The van der Waals surface area contributed by atoms with E-state index in [1.165, 1.54) is 24.3 Å². The van der Waals surface area contributed by atoms with Gasteiger partial charge in [-0.15, -0.1) is 0 Å². The van der Waals surface area contributed by atoms with Gasteiger partial charge in [-0.3, -0.25) is 13.8 Å². The third-order valence-electron chi connectivity index (χ3n) is 4.21. The highest BCUT2D eigenvalue weighted by atomic mass is 32.2. The molecule has 0 saturated heterocycles. The first-order valence-corrected chi connectivity index (χ1v) is 12.5. The molecule has 162 valence electrons. The molecule has 0 atom stereocenters. The molecule has 3 aromatic rings. The molecule has 31 heavy (non-hydrogen) atoms. The van der Waals surface area contributed by atoms with E-state index in [1.807, 2.05) is 0 Å². The van der Waals surface area contributed by atoms with Crippen molar-refractivity contribution in [3.05, 3.63) is 84.9 Å². The fourth-order valence-corrected chi connectivity index (χ4v) is 4.68. The van der Waals surface area contributed by atoms with Crippen molar-refractivity contribution in [2.24, 2.45) is 0 Å². The number of hydrogen-bond acceptors (Lipinski definition) is 5. The Balaban J connectivity index is 1.69. The lowest BCUT2D eigenvalue weighted by Gasteiger charge is -2.21. The zero-order chi connectivity index (χ0) is 22.5. The van der Waals surface area contributed by atoms with E-state index >= 15 is 0 Å². The van der Waals surface area contributed by atoms with Crippen LogP contribution in [0.5, 0.6) is 0 Å². The van der Waals surface area contributed by atoms with E-state index in [0.29, 0.717) is 17.1 Å². The topological polar surface area (TPSA) is 113 Å². The molecule has 0 fully saturated rings. The summed E-state index contributed by atoms with van der Waals surface area (Å²) in [6, 6.07) is 22.3. The summed E-state index contributed by atoms with van der Waals surface area (Å²) in [5.74, 6) is -0.563. The van der Waals surface area contributed by atoms with E-state index in [2.05, 4.69) is 10.0 Å². The number of carbonyl (C=O) groups excluding carboxylic acids is 1. The summed E-state index contributed by atoms with van der Waals surface area (Å²) in [6.07, 6.45) is 1.02. The number of sulfonamides is 2. The van der Waals surface area contributed by atoms with Gasteiger partial charge in [0.2, 0.25) is 15.9 Å². The molecule has 3 rings (SSSR count). The SMILES string of the molecule is CS(=O)(=O)N(CC(=O)Nc1ccc(S(=O)(=O)Nc2ccccc2)cc1)c1ccccc1. The summed E-state index contributed by atoms with van der Waals surface area (Å²) in [6.45, 7) is -0.418. The largest absolute Gasteiger partial charge is 0.325 e. The van der Waals surface area contributed by atoms with E-state index in [1.54, 1.807) is 60.7 Å². The highest BCUT2D eigenvalue weighted by molar-refractivity contribution is 7.92. The first-order chi connectivity index (χ1) is 14.6. The minimum Gasteiger partial charge on any atom is -0.325 e. The molecule has 8 nitrogen and oxygen atoms in total. The highest BCUT2D eigenvalue weighted by Gasteiger charge is 2.21. The lowest BCUT2D eigenvalue weighted by Crippen LogP contribution is -2.37. The van der Waals surface area contributed by atoms with Crippen LogP contribution in [0.1, 0.15) is 0 Å². The second kappa shape index (κ2) is 9.19. The first-order valence-electron chi connectivity index (χ1n) is 9.16. The average Bonchev–Trinajstić information content (AvgIpc) is 2.73. The van der Waals surface area contributed by atoms with E-state index in [9.17, 15) is 21.6 Å². The number of nitrogens with zero attached hydrogens (tertiary/aromatic N) is 1. The van der Waals surface area contributed by atoms with Gasteiger partial charge in [-0.2, -0.15) is 0 Å². The van der Waals surface area contributed by atoms with Crippen LogP contribution in [0.25, 0.3) is 0 Å². The third-order valence-corrected chi connectivity index (χ3v) is 6.74. The van der Waals surface area contributed by atoms with Gasteiger partial charge in [-0.1, -0.05) is 36.4 Å². The van der Waals surface area contributed by atoms with Crippen molar-refractivity contribution in [2.45, 2.75) is 4.90 Å². The standard InChI is InChI=1S/C21H21N3O5S2/c1-30(26,27)24(19-10-6-3-7-11-19)16-21(25)22-17-12-14-20(15-13-17)31(28,29)23-18-8-4-2-5-9-18/h2-15,23H,16H2,1H3,(H,22,25). The van der Waals surface area contributed by atoms with Crippen LogP contribution in [0.15, 0.2) is 89.8 Å². The Morgan fingerprint density at radius 2 is 1.32 bits per heavy atom. The van der Waals surface area contributed by atoms with Gasteiger partial charge < -0.3 is 5.32 Å². The van der Waals surface area contributed by atoms with Gasteiger partial charge in [0.1, 0.15) is 6.54 Å². The van der Waals surface area contributed by atoms with Crippen LogP contribution in [-0.4, -0.2) is 35.5 Å². The summed E-state index contributed by atoms with van der Waals surface area (Å²) in [5.41, 5.74) is 1.14. The predicted octanol–water partition coefficient (Wildman–Crippen LogP) is 2.89. The Hall–Kier alpha value is -3.37. The summed E-state index contributed by atoms with van der Waals surface area (Å²) in [7, 11) is -7.46. The number of anilines is 3. The smallest absolute Gasteiger partial charge is 0.261 e. The summed E-state index contributed by atoms with van der Waals surface area (Å²) < 4.78 is 52.6. The third kappa shape index (κ3) is 6.06. The fourth-order valence-electron chi connectivity index (χ4n) is 2.76. The lowest BCUT2D eigenvalue weighted by molar-refractivity contribution is -0.114. The number of amides is 1. The Labute approximate surface area is 181 Å². The second-order valence-corrected chi connectivity index (χ2v) is 10.2. The second-order valence-electron chi connectivity index (χ2n) is 6.65. The Morgan fingerprint density at radius 1 is 0.774 bits per heavy atom. The van der Waals surface area contributed by atoms with Gasteiger partial charge in [0.15, 0.2) is 0 Å². The molecule has 0 heterocycles. The van der Waals surface area contributed by atoms with Gasteiger partial charge in [0.25, 0.3) is 10.0 Å². The predicted molar refractivity (Wildman–Crippen MR) is 121 cm³/mol. The Morgan fingerprint density at radius 3 is 1.87 bits per heavy atom. The van der Waals surface area contributed by atoms with E-state index in [-0.39, 0.29) is 4.90 Å². The van der Waals surface area contributed by atoms with Crippen molar-refractivity contribution in [1.82, 2.24) is 0 Å². The molecule has 2 N–H and O–H groups in total. The van der Waals surface area contributed by atoms with Crippen LogP contribution in [0.3, 0.4) is 0 Å². The zero-order valence-corrected chi connectivity index (χ0v) is 18.2. The van der Waals surface area contributed by atoms with Crippen LogP contribution >= 0.6 is 0 Å². The summed E-state index contributed by atoms with van der Waals surface area (Å²) >= 11 is 0. The summed E-state index contributed by atoms with van der Waals surface area (Å²) in [5, 5.41) is 2.58. The first kappa shape index (κ1) is 22.3. The molecule has 0 bridgehead atoms. The van der Waals surface area contributed by atoms with E-state index < -0.39 is 32.5 Å². The van der Waals surface area contributed by atoms with Crippen LogP contribution in [0.2, 0.25) is 0 Å². The van der Waals surface area contributed by atoms with Gasteiger partial charge in [-0.25, -0.2) is 16.8 Å². The number of carbonyl (C=O) groups is 1. The zero-order valence-electron chi connectivity index (χ0n) is 16.6. The van der Waals surface area contributed by atoms with Crippen LogP contribution in [0, 0.1) is 0 Å². The van der Waals surface area contributed by atoms with Gasteiger partial charge in [0.05, 0.1) is 16.8 Å². The number of hydrogen-bond donors (Lipinski definition) is 2. The van der Waals surface area contributed by atoms with E-state index in [0.717, 1.165) is 10.6 Å². The maximum Gasteiger partial charge on any atom is 0.261 e. The van der Waals surface area contributed by atoms with Crippen molar-refractivity contribution in [3.63, 3.8) is 0 Å². The van der Waals surface area contributed by atoms with Gasteiger partial charge in [0, 0.05) is 11.4 Å². The molecule has 0 aliphatic rings. The average molecular weight is 460 g/mol. The Kier molecular flexibility index (Phi) is 6.62. The normalized spacial score (nSPS) is 11.5. The minimum atomic E-state index is -3.78. The molecule has 1 amide bonds. The molecule has 3 aromatic carbocycles. The quantitative estimate of drug-likeness (QED) is 0.538. The minimum absolute atomic E-state index is 0.0244. The maximum atomic E-state index is 12.5. The molecule has 0 aromatic heterocycles. The van der Waals surface area contributed by atoms with Gasteiger partial charge in [-0.05, 0) is 48.5 Å². The Bertz CT molecular complexity index is 1250. The van der Waals surface area contributed by atoms with Crippen LogP contribution in [-0.2, 0) is 24.8 Å². The van der Waals surface area contributed by atoms with E-state index in [4.69, 9.17) is 0 Å².